The quantitative estimate of drug-likeness (QED) is 0.748. The number of hydrogen-bond acceptors (Lipinski definition) is 3. The molecule has 2 rings (SSSR count). The molecular weight excluding hydrogens is 188 g/mol. The molecule has 2 unspecified atom stereocenters. The van der Waals surface area contributed by atoms with Crippen molar-refractivity contribution in [3.05, 3.63) is 0 Å². The highest BCUT2D eigenvalue weighted by Crippen LogP contribution is 2.27. The minimum absolute atomic E-state index is 0.472. The number of ether oxygens (including phenoxy) is 1. The van der Waals surface area contributed by atoms with Gasteiger partial charge in [0.2, 0.25) is 0 Å². The molecule has 15 heavy (non-hydrogen) atoms. The summed E-state index contributed by atoms with van der Waals surface area (Å²) in [4.78, 5) is 2.58. The normalized spacial score (nSPS) is 29.4. The van der Waals surface area contributed by atoms with Gasteiger partial charge < -0.3 is 10.5 Å². The molecule has 2 aliphatic rings. The van der Waals surface area contributed by atoms with E-state index in [0.717, 1.165) is 25.7 Å². The summed E-state index contributed by atoms with van der Waals surface area (Å²) in [5.74, 6) is 0. The Balaban J connectivity index is 1.85. The van der Waals surface area contributed by atoms with E-state index in [0.29, 0.717) is 12.1 Å². The van der Waals surface area contributed by atoms with E-state index in [2.05, 4.69) is 11.8 Å². The average Bonchev–Trinajstić information content (AvgIpc) is 2.65. The summed E-state index contributed by atoms with van der Waals surface area (Å²) in [6.07, 6.45) is 7.05. The third kappa shape index (κ3) is 2.71. The first kappa shape index (κ1) is 11.4. The van der Waals surface area contributed by atoms with E-state index < -0.39 is 0 Å². The third-order valence-corrected chi connectivity index (χ3v) is 3.89. The smallest absolute Gasteiger partial charge is 0.0703 e. The fourth-order valence-electron chi connectivity index (χ4n) is 2.57. The van der Waals surface area contributed by atoms with E-state index in [1.165, 1.54) is 32.1 Å². The zero-order valence-electron chi connectivity index (χ0n) is 9.82. The van der Waals surface area contributed by atoms with Gasteiger partial charge in [0.25, 0.3) is 0 Å². The van der Waals surface area contributed by atoms with Crippen LogP contribution < -0.4 is 5.73 Å². The molecule has 2 atom stereocenters. The Bertz CT molecular complexity index is 183. The van der Waals surface area contributed by atoms with Crippen molar-refractivity contribution in [3.8, 4) is 0 Å². The topological polar surface area (TPSA) is 38.5 Å². The Morgan fingerprint density at radius 1 is 1.33 bits per heavy atom. The molecule has 2 N–H and O–H groups in total. The summed E-state index contributed by atoms with van der Waals surface area (Å²) in [7, 11) is 0. The molecule has 3 nitrogen and oxygen atoms in total. The molecule has 0 aromatic carbocycles. The lowest BCUT2D eigenvalue weighted by Crippen LogP contribution is -2.51. The van der Waals surface area contributed by atoms with Gasteiger partial charge in [0.15, 0.2) is 0 Å². The number of rotatable bonds is 5. The zero-order chi connectivity index (χ0) is 10.7. The molecule has 1 heterocycles. The Morgan fingerprint density at radius 2 is 2.13 bits per heavy atom. The predicted octanol–water partition coefficient (Wildman–Crippen LogP) is 1.37. The van der Waals surface area contributed by atoms with Gasteiger partial charge in [-0.2, -0.15) is 0 Å². The second-order valence-electron chi connectivity index (χ2n) is 5.00. The van der Waals surface area contributed by atoms with Crippen LogP contribution in [-0.2, 0) is 4.74 Å². The van der Waals surface area contributed by atoms with Crippen LogP contribution in [0.4, 0.5) is 0 Å². The molecule has 0 aromatic heterocycles. The summed E-state index contributed by atoms with van der Waals surface area (Å²) in [5, 5.41) is 0. The van der Waals surface area contributed by atoms with Crippen molar-refractivity contribution >= 4 is 0 Å². The fourth-order valence-corrected chi connectivity index (χ4v) is 2.57. The molecule has 3 heteroatoms. The molecular formula is C12H24N2O. The molecule has 0 amide bonds. The molecule has 1 saturated carbocycles. The maximum Gasteiger partial charge on any atom is 0.0703 e. The SMILES string of the molecule is CC(CN)N(CC1CCCO1)C1CCC1. The van der Waals surface area contributed by atoms with Gasteiger partial charge in [-0.05, 0) is 32.6 Å². The lowest BCUT2D eigenvalue weighted by atomic mass is 9.90. The molecule has 2 fully saturated rings. The third-order valence-electron chi connectivity index (χ3n) is 3.89. The molecule has 0 bridgehead atoms. The monoisotopic (exact) mass is 212 g/mol. The highest BCUT2D eigenvalue weighted by molar-refractivity contribution is 4.86. The lowest BCUT2D eigenvalue weighted by molar-refractivity contribution is 0.0197. The summed E-state index contributed by atoms with van der Waals surface area (Å²) in [6.45, 7) is 5.07. The van der Waals surface area contributed by atoms with Gasteiger partial charge in [0, 0.05) is 31.8 Å². The number of nitrogens with two attached hydrogens (primary N) is 1. The van der Waals surface area contributed by atoms with Crippen LogP contribution in [0, 0.1) is 0 Å². The first-order valence-corrected chi connectivity index (χ1v) is 6.38. The Morgan fingerprint density at radius 3 is 2.60 bits per heavy atom. The standard InChI is InChI=1S/C12H24N2O/c1-10(8-13)14(11-4-2-5-11)9-12-6-3-7-15-12/h10-12H,2-9,13H2,1H3. The summed E-state index contributed by atoms with van der Waals surface area (Å²) < 4.78 is 5.71. The van der Waals surface area contributed by atoms with E-state index >= 15 is 0 Å². The van der Waals surface area contributed by atoms with Crippen molar-refractivity contribution in [2.24, 2.45) is 5.73 Å². The second kappa shape index (κ2) is 5.28. The second-order valence-corrected chi connectivity index (χ2v) is 5.00. The minimum atomic E-state index is 0.472. The van der Waals surface area contributed by atoms with Gasteiger partial charge in [0.1, 0.15) is 0 Å². The van der Waals surface area contributed by atoms with Crippen molar-refractivity contribution in [3.63, 3.8) is 0 Å². The van der Waals surface area contributed by atoms with Crippen molar-refractivity contribution in [1.82, 2.24) is 4.90 Å². The molecule has 1 saturated heterocycles. The van der Waals surface area contributed by atoms with E-state index in [9.17, 15) is 0 Å². The van der Waals surface area contributed by atoms with Crippen LogP contribution in [0.3, 0.4) is 0 Å². The molecule has 0 radical (unpaired) electrons. The summed E-state index contributed by atoms with van der Waals surface area (Å²) in [5.41, 5.74) is 5.78. The highest BCUT2D eigenvalue weighted by Gasteiger charge is 2.30. The van der Waals surface area contributed by atoms with E-state index in [1.807, 2.05) is 0 Å². The summed E-state index contributed by atoms with van der Waals surface area (Å²) >= 11 is 0. The van der Waals surface area contributed by atoms with Crippen LogP contribution in [0.2, 0.25) is 0 Å². The first-order chi connectivity index (χ1) is 7.31. The molecule has 88 valence electrons. The van der Waals surface area contributed by atoms with Crippen molar-refractivity contribution in [2.45, 2.75) is 57.2 Å². The van der Waals surface area contributed by atoms with Crippen LogP contribution in [0.15, 0.2) is 0 Å². The molecule has 1 aliphatic heterocycles. The van der Waals surface area contributed by atoms with Gasteiger partial charge in [0.05, 0.1) is 6.10 Å². The van der Waals surface area contributed by atoms with E-state index in [1.54, 1.807) is 0 Å². The fraction of sp³-hybridized carbons (Fsp3) is 1.00. The first-order valence-electron chi connectivity index (χ1n) is 6.38. The van der Waals surface area contributed by atoms with Crippen LogP contribution >= 0.6 is 0 Å². The van der Waals surface area contributed by atoms with Crippen molar-refractivity contribution in [1.29, 1.82) is 0 Å². The minimum Gasteiger partial charge on any atom is -0.377 e. The maximum absolute atomic E-state index is 5.78. The van der Waals surface area contributed by atoms with Gasteiger partial charge in [-0.15, -0.1) is 0 Å². The van der Waals surface area contributed by atoms with Gasteiger partial charge in [-0.3, -0.25) is 4.90 Å². The van der Waals surface area contributed by atoms with E-state index in [4.69, 9.17) is 10.5 Å². The van der Waals surface area contributed by atoms with Crippen LogP contribution in [0.25, 0.3) is 0 Å². The van der Waals surface area contributed by atoms with Crippen LogP contribution in [-0.4, -0.2) is 42.8 Å². The van der Waals surface area contributed by atoms with Gasteiger partial charge in [-0.25, -0.2) is 0 Å². The number of hydrogen-bond donors (Lipinski definition) is 1. The van der Waals surface area contributed by atoms with Crippen LogP contribution in [0.5, 0.6) is 0 Å². The maximum atomic E-state index is 5.78. The zero-order valence-corrected chi connectivity index (χ0v) is 9.82. The largest absolute Gasteiger partial charge is 0.377 e. The lowest BCUT2D eigenvalue weighted by Gasteiger charge is -2.42. The molecule has 0 spiro atoms. The Hall–Kier alpha value is -0.120. The average molecular weight is 212 g/mol. The number of nitrogens with zero attached hydrogens (tertiary/aromatic N) is 1. The summed E-state index contributed by atoms with van der Waals surface area (Å²) in [6, 6.07) is 1.30. The Kier molecular flexibility index (Phi) is 4.00. The van der Waals surface area contributed by atoms with Crippen molar-refractivity contribution in [2.75, 3.05) is 19.7 Å². The Labute approximate surface area is 93.0 Å². The molecule has 0 aromatic rings. The van der Waals surface area contributed by atoms with Gasteiger partial charge in [-0.1, -0.05) is 6.42 Å². The van der Waals surface area contributed by atoms with Gasteiger partial charge >= 0.3 is 0 Å². The molecule has 1 aliphatic carbocycles. The van der Waals surface area contributed by atoms with E-state index in [-0.39, 0.29) is 0 Å². The highest BCUT2D eigenvalue weighted by atomic mass is 16.5. The van der Waals surface area contributed by atoms with Crippen molar-refractivity contribution < 1.29 is 4.74 Å². The predicted molar refractivity (Wildman–Crippen MR) is 61.8 cm³/mol. The van der Waals surface area contributed by atoms with Crippen LogP contribution in [0.1, 0.15) is 39.0 Å².